The Kier molecular flexibility index (Phi) is 15.7. The van der Waals surface area contributed by atoms with Crippen molar-refractivity contribution in [3.63, 3.8) is 0 Å². The van der Waals surface area contributed by atoms with Crippen LogP contribution in [-0.2, 0) is 28.8 Å². The number of hydrogen-bond acceptors (Lipinski definition) is 13. The number of aliphatic imine (C=N–C) groups is 1. The molecule has 19 nitrogen and oxygen atoms in total. The Morgan fingerprint density at radius 2 is 1.78 bits per heavy atom. The quantitative estimate of drug-likeness (QED) is 0.104. The molecule has 1 aromatic rings. The number of benzene rings is 1. The fraction of sp³-hybridized carbons (Fsp3) is 0.500. The number of halogens is 2. The molecule has 1 saturated heterocycles. The lowest BCUT2D eigenvalue weighted by atomic mass is 10.0. The fourth-order valence-corrected chi connectivity index (χ4v) is 5.18. The second kappa shape index (κ2) is 19.6. The van der Waals surface area contributed by atoms with Crippen molar-refractivity contribution in [2.24, 2.45) is 27.9 Å². The molecule has 2 heterocycles. The standard InChI is InChI=1S/C30H45Cl2N13O6/c1-14-25(47)42-22(13-39-23(46)9-15(34)3-2-7-33)27(49)43-21(12-38-16-4-5-17(31)18(32)10-16)28(50)45-24(20-6-8-37-30(36)44-20)29(51)40-11-19(35)26(48)41-14/h4-5,10,12,14-15,19-20,22,24,38H,2-3,6-9,11,13,33-35H2,1H3,(H,39,46)(H,40,51)(H,41,48)(H,42,47)(H,43,49)(H,45,50)(H3,36,37,44)/b21-12-/t14-,15-,19?,20?,22-,24-/m0/s1. The molecule has 0 aromatic heterocycles. The Morgan fingerprint density at radius 1 is 1.04 bits per heavy atom. The largest absolute Gasteiger partial charge is 0.370 e. The van der Waals surface area contributed by atoms with Crippen LogP contribution >= 0.6 is 23.2 Å². The van der Waals surface area contributed by atoms with Gasteiger partial charge < -0.3 is 65.5 Å². The van der Waals surface area contributed by atoms with Crippen molar-refractivity contribution >= 4 is 70.3 Å². The molecule has 1 fully saturated rings. The summed E-state index contributed by atoms with van der Waals surface area (Å²) in [5.74, 6) is -4.68. The highest BCUT2D eigenvalue weighted by molar-refractivity contribution is 6.42. The van der Waals surface area contributed by atoms with Crippen LogP contribution in [0.4, 0.5) is 5.69 Å². The first-order chi connectivity index (χ1) is 24.2. The van der Waals surface area contributed by atoms with E-state index >= 15 is 0 Å². The number of nitrogens with one attached hydrogen (secondary N) is 8. The third-order valence-electron chi connectivity index (χ3n) is 7.78. The van der Waals surface area contributed by atoms with Crippen molar-refractivity contribution in [2.75, 3.05) is 31.5 Å². The summed E-state index contributed by atoms with van der Waals surface area (Å²) in [5, 5.41) is 21.3. The first-order valence-corrected chi connectivity index (χ1v) is 16.9. The summed E-state index contributed by atoms with van der Waals surface area (Å²) in [6.07, 6.45) is 2.44. The first-order valence-electron chi connectivity index (χ1n) is 16.1. The number of carbonyl (C=O) groups is 6. The minimum absolute atomic E-state index is 0.0387. The highest BCUT2D eigenvalue weighted by Gasteiger charge is 2.35. The lowest BCUT2D eigenvalue weighted by Crippen LogP contribution is -2.63. The van der Waals surface area contributed by atoms with Gasteiger partial charge in [-0.15, -0.1) is 0 Å². The van der Waals surface area contributed by atoms with Gasteiger partial charge in [0.05, 0.1) is 16.1 Å². The molecule has 16 N–H and O–H groups in total. The molecule has 6 amide bonds. The maximum Gasteiger partial charge on any atom is 0.270 e. The molecular formula is C30H45Cl2N13O6. The number of anilines is 1. The second-order valence-electron chi connectivity index (χ2n) is 11.9. The van der Waals surface area contributed by atoms with Crippen LogP contribution in [0.1, 0.15) is 32.6 Å². The van der Waals surface area contributed by atoms with Gasteiger partial charge in [-0.2, -0.15) is 0 Å². The van der Waals surface area contributed by atoms with E-state index in [9.17, 15) is 28.8 Å². The lowest BCUT2D eigenvalue weighted by molar-refractivity contribution is -0.133. The van der Waals surface area contributed by atoms with Crippen LogP contribution in [-0.4, -0.2) is 104 Å². The van der Waals surface area contributed by atoms with Crippen molar-refractivity contribution in [1.29, 1.82) is 0 Å². The average Bonchev–Trinajstić information content (AvgIpc) is 3.09. The van der Waals surface area contributed by atoms with Crippen LogP contribution in [0.15, 0.2) is 35.1 Å². The van der Waals surface area contributed by atoms with Crippen LogP contribution in [0.3, 0.4) is 0 Å². The second-order valence-corrected chi connectivity index (χ2v) is 12.7. The summed E-state index contributed by atoms with van der Waals surface area (Å²) < 4.78 is 0. The molecule has 2 aliphatic heterocycles. The normalized spacial score (nSPS) is 25.2. The topological polar surface area (TPSA) is 315 Å². The van der Waals surface area contributed by atoms with Gasteiger partial charge in [-0.05, 0) is 50.9 Å². The predicted octanol–water partition coefficient (Wildman–Crippen LogP) is -3.46. The molecule has 2 unspecified atom stereocenters. The van der Waals surface area contributed by atoms with E-state index in [1.54, 1.807) is 6.07 Å². The minimum atomic E-state index is -1.47. The average molecular weight is 755 g/mol. The number of guanidine groups is 1. The van der Waals surface area contributed by atoms with Crippen molar-refractivity contribution < 1.29 is 28.8 Å². The van der Waals surface area contributed by atoms with Gasteiger partial charge >= 0.3 is 0 Å². The molecule has 0 aliphatic carbocycles. The van der Waals surface area contributed by atoms with Crippen molar-refractivity contribution in [3.05, 3.63) is 40.1 Å². The smallest absolute Gasteiger partial charge is 0.270 e. The Morgan fingerprint density at radius 3 is 2.47 bits per heavy atom. The number of hydrogen-bond donors (Lipinski definition) is 12. The van der Waals surface area contributed by atoms with E-state index in [4.69, 9.17) is 46.1 Å². The molecule has 21 heteroatoms. The molecule has 51 heavy (non-hydrogen) atoms. The van der Waals surface area contributed by atoms with Gasteiger partial charge in [-0.1, -0.05) is 23.2 Å². The third-order valence-corrected chi connectivity index (χ3v) is 8.52. The molecule has 0 radical (unpaired) electrons. The predicted molar refractivity (Wildman–Crippen MR) is 191 cm³/mol. The van der Waals surface area contributed by atoms with E-state index in [1.807, 2.05) is 0 Å². The summed E-state index contributed by atoms with van der Waals surface area (Å²) in [7, 11) is 0. The zero-order chi connectivity index (χ0) is 37.7. The first kappa shape index (κ1) is 40.7. The molecule has 0 bridgehead atoms. The SMILES string of the molecule is C[C@@H]1NC(=O)C(N)CNC(=O)[C@H](C2CCN=C(N)N2)NC(=O)/C(=C/Nc2ccc(Cl)c(Cl)c2)NC(=O)[C@H](CNC(=O)C[C@@H](N)CCCN)NC1=O. The molecule has 3 rings (SSSR count). The van der Waals surface area contributed by atoms with Crippen LogP contribution in [0.5, 0.6) is 0 Å². The zero-order valence-electron chi connectivity index (χ0n) is 27.9. The summed E-state index contributed by atoms with van der Waals surface area (Å²) in [6, 6.07) is -2.01. The van der Waals surface area contributed by atoms with Crippen molar-refractivity contribution in [3.8, 4) is 0 Å². The molecule has 0 spiro atoms. The summed E-state index contributed by atoms with van der Waals surface area (Å²) in [6.45, 7) is 1.21. The third kappa shape index (κ3) is 12.9. The van der Waals surface area contributed by atoms with E-state index in [2.05, 4.69) is 47.5 Å². The Balaban J connectivity index is 1.99. The van der Waals surface area contributed by atoms with Crippen LogP contribution in [0, 0.1) is 0 Å². The van der Waals surface area contributed by atoms with Gasteiger partial charge in [-0.3, -0.25) is 33.8 Å². The molecule has 0 saturated carbocycles. The van der Waals surface area contributed by atoms with Gasteiger partial charge in [0.15, 0.2) is 5.96 Å². The van der Waals surface area contributed by atoms with Crippen LogP contribution in [0.2, 0.25) is 10.0 Å². The van der Waals surface area contributed by atoms with Gasteiger partial charge in [0, 0.05) is 44.0 Å². The van der Waals surface area contributed by atoms with Gasteiger partial charge in [0.1, 0.15) is 29.9 Å². The molecule has 280 valence electrons. The Bertz CT molecular complexity index is 1530. The number of nitrogens with zero attached hydrogens (tertiary/aromatic N) is 1. The molecule has 2 aliphatic rings. The maximum absolute atomic E-state index is 13.9. The fourth-order valence-electron chi connectivity index (χ4n) is 4.88. The lowest BCUT2D eigenvalue weighted by Gasteiger charge is -2.31. The molecular weight excluding hydrogens is 709 g/mol. The van der Waals surface area contributed by atoms with Gasteiger partial charge in [0.2, 0.25) is 29.5 Å². The van der Waals surface area contributed by atoms with E-state index < -0.39 is 83.9 Å². The highest BCUT2D eigenvalue weighted by Crippen LogP contribution is 2.25. The Hall–Kier alpha value is -4.69. The van der Waals surface area contributed by atoms with Crippen LogP contribution in [0.25, 0.3) is 0 Å². The van der Waals surface area contributed by atoms with E-state index in [-0.39, 0.29) is 41.9 Å². The maximum atomic E-state index is 13.9. The Labute approximate surface area is 304 Å². The van der Waals surface area contributed by atoms with E-state index in [0.29, 0.717) is 25.1 Å². The zero-order valence-corrected chi connectivity index (χ0v) is 29.4. The molecule has 1 aromatic carbocycles. The van der Waals surface area contributed by atoms with Crippen molar-refractivity contribution in [1.82, 2.24) is 37.2 Å². The van der Waals surface area contributed by atoms with E-state index in [0.717, 1.165) is 6.20 Å². The number of amides is 6. The number of carbonyl (C=O) groups excluding carboxylic acids is 6. The van der Waals surface area contributed by atoms with E-state index in [1.165, 1.54) is 19.1 Å². The monoisotopic (exact) mass is 753 g/mol. The summed E-state index contributed by atoms with van der Waals surface area (Å²) >= 11 is 12.2. The number of nitrogens with two attached hydrogens (primary N) is 4. The number of rotatable bonds is 10. The summed E-state index contributed by atoms with van der Waals surface area (Å²) in [4.78, 5) is 83.8. The van der Waals surface area contributed by atoms with Gasteiger partial charge in [0.25, 0.3) is 5.91 Å². The van der Waals surface area contributed by atoms with Crippen molar-refractivity contribution in [2.45, 2.75) is 68.9 Å². The minimum Gasteiger partial charge on any atom is -0.370 e. The molecule has 6 atom stereocenters. The summed E-state index contributed by atoms with van der Waals surface area (Å²) in [5.41, 5.74) is 23.4. The highest BCUT2D eigenvalue weighted by atomic mass is 35.5. The van der Waals surface area contributed by atoms with Gasteiger partial charge in [-0.25, -0.2) is 0 Å². The van der Waals surface area contributed by atoms with Crippen LogP contribution < -0.4 is 65.5 Å².